The molecule has 18 heavy (non-hydrogen) atoms. The van der Waals surface area contributed by atoms with Crippen molar-refractivity contribution in [3.05, 3.63) is 17.6 Å². The van der Waals surface area contributed by atoms with Gasteiger partial charge in [-0.3, -0.25) is 4.98 Å². The van der Waals surface area contributed by atoms with Gasteiger partial charge in [0.1, 0.15) is 11.9 Å². The second-order valence-corrected chi connectivity index (χ2v) is 4.50. The number of aromatic nitrogens is 2. The second-order valence-electron chi connectivity index (χ2n) is 4.50. The topological polar surface area (TPSA) is 75.6 Å². The third-order valence-electron chi connectivity index (χ3n) is 3.35. The average molecular weight is 251 g/mol. The number of anilines is 1. The second kappa shape index (κ2) is 4.89. The summed E-state index contributed by atoms with van der Waals surface area (Å²) in [5, 5.41) is 9.24. The highest BCUT2D eigenvalue weighted by Crippen LogP contribution is 2.25. The molecule has 6 heteroatoms. The Kier molecular flexibility index (Phi) is 3.47. The quantitative estimate of drug-likeness (QED) is 0.855. The summed E-state index contributed by atoms with van der Waals surface area (Å²) in [6, 6.07) is -0.591. The molecular formula is C12H17N3O3. The molecule has 0 amide bonds. The van der Waals surface area contributed by atoms with Crippen molar-refractivity contribution in [2.45, 2.75) is 32.4 Å². The van der Waals surface area contributed by atoms with Crippen LogP contribution in [0.3, 0.4) is 0 Å². The van der Waals surface area contributed by atoms with E-state index >= 15 is 0 Å². The lowest BCUT2D eigenvalue weighted by Gasteiger charge is -2.22. The number of rotatable bonds is 3. The van der Waals surface area contributed by atoms with Gasteiger partial charge in [0.25, 0.3) is 0 Å². The van der Waals surface area contributed by atoms with Crippen molar-refractivity contribution in [3.63, 3.8) is 0 Å². The molecule has 0 aromatic carbocycles. The highest BCUT2D eigenvalue weighted by molar-refractivity contribution is 5.78. The van der Waals surface area contributed by atoms with Crippen LogP contribution in [0.25, 0.3) is 0 Å². The summed E-state index contributed by atoms with van der Waals surface area (Å²) in [4.78, 5) is 21.6. The number of ether oxygens (including phenoxy) is 1. The zero-order valence-electron chi connectivity index (χ0n) is 10.8. The maximum atomic E-state index is 11.3. The molecule has 1 N–H and O–H groups in total. The summed E-state index contributed by atoms with van der Waals surface area (Å²) < 4.78 is 5.24. The van der Waals surface area contributed by atoms with Crippen LogP contribution in [-0.2, 0) is 9.53 Å². The predicted octanol–water partition coefficient (Wildman–Crippen LogP) is 0.772. The smallest absolute Gasteiger partial charge is 0.326 e. The van der Waals surface area contributed by atoms with Gasteiger partial charge in [0.05, 0.1) is 23.7 Å². The number of hydrogen-bond donors (Lipinski definition) is 1. The summed E-state index contributed by atoms with van der Waals surface area (Å²) in [6.07, 6.45) is 2.02. The van der Waals surface area contributed by atoms with Gasteiger partial charge in [-0.25, -0.2) is 9.78 Å². The van der Waals surface area contributed by atoms with Gasteiger partial charge in [0.15, 0.2) is 0 Å². The van der Waals surface area contributed by atoms with Gasteiger partial charge in [-0.2, -0.15) is 0 Å². The summed E-state index contributed by atoms with van der Waals surface area (Å²) in [7, 11) is 1.60. The molecule has 1 aromatic heterocycles. The Hall–Kier alpha value is -1.69. The van der Waals surface area contributed by atoms with E-state index in [0.29, 0.717) is 18.8 Å². The van der Waals surface area contributed by atoms with Gasteiger partial charge in [-0.15, -0.1) is 0 Å². The molecule has 2 rings (SSSR count). The van der Waals surface area contributed by atoms with E-state index in [2.05, 4.69) is 9.97 Å². The SMILES string of the molecule is COC1CC(C(=O)O)N(c2cnc(C)c(C)n2)C1. The standard InChI is InChI=1S/C12H17N3O3/c1-7-8(2)14-11(5-13-7)15-6-9(18-3)4-10(15)12(16)17/h5,9-10H,4,6H2,1-3H3,(H,16,17). The highest BCUT2D eigenvalue weighted by atomic mass is 16.5. The molecule has 1 aliphatic rings. The van der Waals surface area contributed by atoms with Crippen LogP contribution in [0.4, 0.5) is 5.82 Å². The summed E-state index contributed by atoms with van der Waals surface area (Å²) in [5.41, 5.74) is 1.67. The normalized spacial score (nSPS) is 23.4. The van der Waals surface area contributed by atoms with Crippen LogP contribution < -0.4 is 4.90 Å². The minimum Gasteiger partial charge on any atom is -0.480 e. The van der Waals surface area contributed by atoms with Crippen LogP contribution in [-0.4, -0.2) is 46.8 Å². The first kappa shape index (κ1) is 12.8. The van der Waals surface area contributed by atoms with E-state index in [-0.39, 0.29) is 6.10 Å². The van der Waals surface area contributed by atoms with Gasteiger partial charge in [-0.05, 0) is 13.8 Å². The third kappa shape index (κ3) is 2.28. The predicted molar refractivity (Wildman–Crippen MR) is 65.7 cm³/mol. The average Bonchev–Trinajstić information content (AvgIpc) is 2.77. The molecule has 0 saturated carbocycles. The van der Waals surface area contributed by atoms with E-state index in [1.165, 1.54) is 0 Å². The van der Waals surface area contributed by atoms with Crippen molar-refractivity contribution in [1.82, 2.24) is 9.97 Å². The monoisotopic (exact) mass is 251 g/mol. The molecular weight excluding hydrogens is 234 g/mol. The number of aryl methyl sites for hydroxylation is 2. The number of carboxylic acids is 1. The lowest BCUT2D eigenvalue weighted by atomic mass is 10.2. The van der Waals surface area contributed by atoms with Crippen LogP contribution in [0.15, 0.2) is 6.20 Å². The molecule has 1 aliphatic heterocycles. The van der Waals surface area contributed by atoms with Crippen molar-refractivity contribution in [3.8, 4) is 0 Å². The number of aliphatic carboxylic acids is 1. The van der Waals surface area contributed by atoms with E-state index in [1.807, 2.05) is 13.8 Å². The molecule has 0 aliphatic carbocycles. The van der Waals surface area contributed by atoms with Gasteiger partial charge in [-0.1, -0.05) is 0 Å². The first-order valence-corrected chi connectivity index (χ1v) is 5.85. The highest BCUT2D eigenvalue weighted by Gasteiger charge is 2.37. The van der Waals surface area contributed by atoms with Crippen LogP contribution >= 0.6 is 0 Å². The molecule has 2 unspecified atom stereocenters. The Bertz CT molecular complexity index is 464. The lowest BCUT2D eigenvalue weighted by molar-refractivity contribution is -0.138. The van der Waals surface area contributed by atoms with Crippen molar-refractivity contribution in [2.75, 3.05) is 18.6 Å². The number of carbonyl (C=O) groups is 1. The third-order valence-corrected chi connectivity index (χ3v) is 3.35. The van der Waals surface area contributed by atoms with Gasteiger partial charge < -0.3 is 14.7 Å². The molecule has 0 bridgehead atoms. The Morgan fingerprint density at radius 3 is 2.78 bits per heavy atom. The fraction of sp³-hybridized carbons (Fsp3) is 0.583. The zero-order valence-corrected chi connectivity index (χ0v) is 10.8. The number of nitrogens with zero attached hydrogens (tertiary/aromatic N) is 3. The minimum atomic E-state index is -0.852. The molecule has 1 aromatic rings. The van der Waals surface area contributed by atoms with Crippen molar-refractivity contribution >= 4 is 11.8 Å². The zero-order chi connectivity index (χ0) is 13.3. The van der Waals surface area contributed by atoms with E-state index in [9.17, 15) is 9.90 Å². The molecule has 2 heterocycles. The Balaban J connectivity index is 2.29. The van der Waals surface area contributed by atoms with Gasteiger partial charge >= 0.3 is 5.97 Å². The van der Waals surface area contributed by atoms with E-state index in [0.717, 1.165) is 11.4 Å². The van der Waals surface area contributed by atoms with Crippen molar-refractivity contribution in [1.29, 1.82) is 0 Å². The summed E-state index contributed by atoms with van der Waals surface area (Å²) in [5.74, 6) is -0.250. The molecule has 1 fully saturated rings. The number of methoxy groups -OCH3 is 1. The molecule has 1 saturated heterocycles. The maximum Gasteiger partial charge on any atom is 0.326 e. The summed E-state index contributed by atoms with van der Waals surface area (Å²) >= 11 is 0. The molecule has 0 radical (unpaired) electrons. The Morgan fingerprint density at radius 1 is 1.50 bits per heavy atom. The van der Waals surface area contributed by atoms with Crippen molar-refractivity contribution < 1.29 is 14.6 Å². The van der Waals surface area contributed by atoms with Crippen LogP contribution in [0, 0.1) is 13.8 Å². The lowest BCUT2D eigenvalue weighted by Crippen LogP contribution is -2.36. The van der Waals surface area contributed by atoms with Crippen LogP contribution in [0.1, 0.15) is 17.8 Å². The van der Waals surface area contributed by atoms with Crippen LogP contribution in [0.5, 0.6) is 0 Å². The number of hydrogen-bond acceptors (Lipinski definition) is 5. The fourth-order valence-corrected chi connectivity index (χ4v) is 2.12. The Morgan fingerprint density at radius 2 is 2.22 bits per heavy atom. The van der Waals surface area contributed by atoms with E-state index < -0.39 is 12.0 Å². The van der Waals surface area contributed by atoms with Gasteiger partial charge in [0, 0.05) is 20.1 Å². The molecule has 0 spiro atoms. The van der Waals surface area contributed by atoms with Crippen molar-refractivity contribution in [2.24, 2.45) is 0 Å². The van der Waals surface area contributed by atoms with Crippen LogP contribution in [0.2, 0.25) is 0 Å². The van der Waals surface area contributed by atoms with E-state index in [1.54, 1.807) is 18.2 Å². The first-order chi connectivity index (χ1) is 8.52. The minimum absolute atomic E-state index is 0.0745. The number of carboxylic acid groups (broad SMARTS) is 1. The largest absolute Gasteiger partial charge is 0.480 e. The first-order valence-electron chi connectivity index (χ1n) is 5.85. The van der Waals surface area contributed by atoms with E-state index in [4.69, 9.17) is 4.74 Å². The summed E-state index contributed by atoms with van der Waals surface area (Å²) in [6.45, 7) is 4.28. The molecule has 6 nitrogen and oxygen atoms in total. The van der Waals surface area contributed by atoms with Gasteiger partial charge in [0.2, 0.25) is 0 Å². The molecule has 2 atom stereocenters. The molecule has 98 valence electrons. The maximum absolute atomic E-state index is 11.3. The Labute approximate surface area is 106 Å². The fourth-order valence-electron chi connectivity index (χ4n) is 2.12.